The minimum Gasteiger partial charge on any atom is -0.443 e. The molecule has 2 aliphatic rings. The van der Waals surface area contributed by atoms with E-state index in [1.807, 2.05) is 20.8 Å². The van der Waals surface area contributed by atoms with Gasteiger partial charge in [-0.3, -0.25) is 5.43 Å². The average molecular weight is 270 g/mol. The van der Waals surface area contributed by atoms with Crippen molar-refractivity contribution < 1.29 is 14.3 Å². The van der Waals surface area contributed by atoms with Gasteiger partial charge in [-0.1, -0.05) is 13.8 Å². The normalized spacial score (nSPS) is 33.0. The van der Waals surface area contributed by atoms with Crippen molar-refractivity contribution in [3.8, 4) is 0 Å². The van der Waals surface area contributed by atoms with E-state index in [0.717, 1.165) is 19.4 Å². The molecule has 110 valence electrons. The number of rotatable bonds is 2. The molecule has 1 amide bonds. The maximum atomic E-state index is 11.6. The topological polar surface area (TPSA) is 59.6 Å². The summed E-state index contributed by atoms with van der Waals surface area (Å²) >= 11 is 0. The first-order valence-corrected chi connectivity index (χ1v) is 7.08. The Morgan fingerprint density at radius 1 is 1.37 bits per heavy atom. The third kappa shape index (κ3) is 3.03. The first-order chi connectivity index (χ1) is 8.72. The number of hydrogen-bond acceptors (Lipinski definition) is 4. The van der Waals surface area contributed by atoms with E-state index in [1.54, 1.807) is 0 Å². The van der Waals surface area contributed by atoms with Gasteiger partial charge in [-0.25, -0.2) is 10.2 Å². The molecule has 5 nitrogen and oxygen atoms in total. The second-order valence-electron chi connectivity index (χ2n) is 7.17. The van der Waals surface area contributed by atoms with Crippen LogP contribution in [0.4, 0.5) is 4.79 Å². The Kier molecular flexibility index (Phi) is 3.80. The SMILES string of the molecule is CC(C)(C)OC(=O)NNC1C2CCCOC2C1(C)C. The molecule has 0 aromatic carbocycles. The maximum Gasteiger partial charge on any atom is 0.422 e. The average Bonchev–Trinajstić information content (AvgIpc) is 2.26. The predicted octanol–water partition coefficient (Wildman–Crippen LogP) is 2.22. The Morgan fingerprint density at radius 3 is 2.68 bits per heavy atom. The van der Waals surface area contributed by atoms with Crippen LogP contribution < -0.4 is 10.9 Å². The predicted molar refractivity (Wildman–Crippen MR) is 72.5 cm³/mol. The van der Waals surface area contributed by atoms with Crippen LogP contribution >= 0.6 is 0 Å². The van der Waals surface area contributed by atoms with Gasteiger partial charge in [0.05, 0.1) is 6.10 Å². The number of carbonyl (C=O) groups excluding carboxylic acids is 1. The molecule has 0 aromatic rings. The monoisotopic (exact) mass is 270 g/mol. The molecule has 0 aromatic heterocycles. The summed E-state index contributed by atoms with van der Waals surface area (Å²) in [4.78, 5) is 11.6. The van der Waals surface area contributed by atoms with Crippen LogP contribution in [0.15, 0.2) is 0 Å². The van der Waals surface area contributed by atoms with Crippen LogP contribution in [-0.2, 0) is 9.47 Å². The molecule has 2 fully saturated rings. The van der Waals surface area contributed by atoms with Gasteiger partial charge in [-0.05, 0) is 33.6 Å². The molecular weight excluding hydrogens is 244 g/mol. The van der Waals surface area contributed by atoms with Gasteiger partial charge in [0.1, 0.15) is 5.60 Å². The fourth-order valence-corrected chi connectivity index (χ4v) is 3.26. The van der Waals surface area contributed by atoms with E-state index in [1.165, 1.54) is 0 Å². The molecule has 1 saturated heterocycles. The van der Waals surface area contributed by atoms with Gasteiger partial charge in [0, 0.05) is 24.0 Å². The third-order valence-corrected chi connectivity index (χ3v) is 4.06. The lowest BCUT2D eigenvalue weighted by Crippen LogP contribution is -2.71. The number of carbonyl (C=O) groups is 1. The van der Waals surface area contributed by atoms with Crippen LogP contribution in [0.25, 0.3) is 0 Å². The standard InChI is InChI=1S/C14H26N2O3/c1-13(2,3)19-12(17)16-15-10-9-7-6-8-18-11(9)14(10,4)5/h9-11,15H,6-8H2,1-5H3,(H,16,17). The highest BCUT2D eigenvalue weighted by Crippen LogP contribution is 2.50. The van der Waals surface area contributed by atoms with E-state index >= 15 is 0 Å². The molecular formula is C14H26N2O3. The number of hydrazine groups is 1. The summed E-state index contributed by atoms with van der Waals surface area (Å²) in [5.41, 5.74) is 5.36. The van der Waals surface area contributed by atoms with Gasteiger partial charge in [0.25, 0.3) is 0 Å². The summed E-state index contributed by atoms with van der Waals surface area (Å²) in [5, 5.41) is 0. The summed E-state index contributed by atoms with van der Waals surface area (Å²) in [5.74, 6) is 0.485. The van der Waals surface area contributed by atoms with Crippen molar-refractivity contribution in [2.24, 2.45) is 11.3 Å². The Labute approximate surface area is 115 Å². The van der Waals surface area contributed by atoms with Crippen LogP contribution in [0.3, 0.4) is 0 Å². The zero-order valence-corrected chi connectivity index (χ0v) is 12.6. The van der Waals surface area contributed by atoms with Crippen LogP contribution in [0, 0.1) is 11.3 Å². The number of ether oxygens (including phenoxy) is 2. The summed E-state index contributed by atoms with van der Waals surface area (Å²) in [6, 6.07) is 0.241. The van der Waals surface area contributed by atoms with Gasteiger partial charge in [-0.2, -0.15) is 0 Å². The third-order valence-electron chi connectivity index (χ3n) is 4.06. The van der Waals surface area contributed by atoms with Gasteiger partial charge in [0.15, 0.2) is 0 Å². The molecule has 2 rings (SSSR count). The first-order valence-electron chi connectivity index (χ1n) is 7.08. The molecule has 1 aliphatic carbocycles. The fourth-order valence-electron chi connectivity index (χ4n) is 3.26. The Bertz CT molecular complexity index is 349. The Hall–Kier alpha value is -0.810. The van der Waals surface area contributed by atoms with Crippen molar-refractivity contribution in [3.05, 3.63) is 0 Å². The molecule has 3 atom stereocenters. The molecule has 3 unspecified atom stereocenters. The van der Waals surface area contributed by atoms with Gasteiger partial charge in [0.2, 0.25) is 0 Å². The largest absolute Gasteiger partial charge is 0.443 e. The van der Waals surface area contributed by atoms with Crippen LogP contribution in [0.1, 0.15) is 47.5 Å². The van der Waals surface area contributed by atoms with Gasteiger partial charge < -0.3 is 9.47 Å². The van der Waals surface area contributed by atoms with Crippen molar-refractivity contribution >= 4 is 6.09 Å². The summed E-state index contributed by atoms with van der Waals surface area (Å²) < 4.78 is 11.0. The minimum atomic E-state index is -0.475. The van der Waals surface area contributed by atoms with E-state index < -0.39 is 11.7 Å². The quantitative estimate of drug-likeness (QED) is 0.755. The zero-order chi connectivity index (χ0) is 14.3. The van der Waals surface area contributed by atoms with Crippen molar-refractivity contribution in [2.45, 2.75) is 65.2 Å². The summed E-state index contributed by atoms with van der Waals surface area (Å²) in [6.07, 6.45) is 2.13. The van der Waals surface area contributed by atoms with Crippen LogP contribution in [-0.4, -0.2) is 30.4 Å². The maximum absolute atomic E-state index is 11.6. The molecule has 0 spiro atoms. The van der Waals surface area contributed by atoms with E-state index in [4.69, 9.17) is 9.47 Å². The van der Waals surface area contributed by atoms with E-state index in [9.17, 15) is 4.79 Å². The number of hydrogen-bond donors (Lipinski definition) is 2. The fraction of sp³-hybridized carbons (Fsp3) is 0.929. The second kappa shape index (κ2) is 4.94. The van der Waals surface area contributed by atoms with Crippen LogP contribution in [0.5, 0.6) is 0 Å². The lowest BCUT2D eigenvalue weighted by atomic mass is 9.55. The highest BCUT2D eigenvalue weighted by atomic mass is 16.6. The molecule has 1 heterocycles. The molecule has 1 saturated carbocycles. The number of nitrogens with one attached hydrogen (secondary N) is 2. The van der Waals surface area contributed by atoms with Gasteiger partial charge >= 0.3 is 6.09 Å². The lowest BCUT2D eigenvalue weighted by Gasteiger charge is -2.59. The first kappa shape index (κ1) is 14.6. The van der Waals surface area contributed by atoms with Crippen LogP contribution in [0.2, 0.25) is 0 Å². The molecule has 0 radical (unpaired) electrons. The second-order valence-corrected chi connectivity index (χ2v) is 7.17. The molecule has 19 heavy (non-hydrogen) atoms. The van der Waals surface area contributed by atoms with Crippen molar-refractivity contribution in [2.75, 3.05) is 6.61 Å². The Balaban J connectivity index is 1.84. The molecule has 5 heteroatoms. The van der Waals surface area contributed by atoms with Crippen molar-refractivity contribution in [1.82, 2.24) is 10.9 Å². The lowest BCUT2D eigenvalue weighted by molar-refractivity contribution is -0.194. The van der Waals surface area contributed by atoms with Gasteiger partial charge in [-0.15, -0.1) is 0 Å². The van der Waals surface area contributed by atoms with E-state index in [0.29, 0.717) is 12.0 Å². The highest BCUT2D eigenvalue weighted by Gasteiger charge is 2.58. The zero-order valence-electron chi connectivity index (χ0n) is 12.6. The van der Waals surface area contributed by atoms with Crippen molar-refractivity contribution in [1.29, 1.82) is 0 Å². The van der Waals surface area contributed by atoms with Crippen molar-refractivity contribution in [3.63, 3.8) is 0 Å². The smallest absolute Gasteiger partial charge is 0.422 e. The number of amides is 1. The Morgan fingerprint density at radius 2 is 2.05 bits per heavy atom. The number of fused-ring (bicyclic) bond motifs is 1. The summed E-state index contributed by atoms with van der Waals surface area (Å²) in [7, 11) is 0. The summed E-state index contributed by atoms with van der Waals surface area (Å²) in [6.45, 7) is 10.8. The minimum absolute atomic E-state index is 0.0418. The highest BCUT2D eigenvalue weighted by molar-refractivity contribution is 5.67. The molecule has 2 N–H and O–H groups in total. The molecule has 0 bridgehead atoms. The molecule has 1 aliphatic heterocycles. The van der Waals surface area contributed by atoms with E-state index in [-0.39, 0.29) is 11.5 Å². The van der Waals surface area contributed by atoms with E-state index in [2.05, 4.69) is 24.7 Å².